The average molecular weight is 431 g/mol. The molecule has 0 aromatic rings. The Morgan fingerprint density at radius 3 is 2.45 bits per heavy atom. The molecule has 0 fully saturated rings. The Hall–Kier alpha value is -2.40. The van der Waals surface area contributed by atoms with Crippen LogP contribution >= 0.6 is 0 Å². The molecule has 0 saturated carbocycles. The lowest BCUT2D eigenvalue weighted by Gasteiger charge is -2.44. The quantitative estimate of drug-likeness (QED) is 0.299. The molecule has 0 spiro atoms. The molecule has 0 amide bonds. The van der Waals surface area contributed by atoms with E-state index < -0.39 is 17.4 Å². The van der Waals surface area contributed by atoms with Gasteiger partial charge in [-0.25, -0.2) is 9.18 Å². The second-order valence-electron chi connectivity index (χ2n) is 9.62. The van der Waals surface area contributed by atoms with Crippen LogP contribution in [0, 0.1) is 11.3 Å². The molecule has 2 unspecified atom stereocenters. The van der Waals surface area contributed by atoms with Crippen molar-refractivity contribution >= 4 is 5.97 Å². The molecule has 4 nitrogen and oxygen atoms in total. The number of fused-ring (bicyclic) bond motifs is 1. The molecule has 0 aromatic carbocycles. The number of ether oxygens (including phenoxy) is 2. The SMILES string of the molecule is CC/C(C1=CC2C(C(C)(C)C)=CC(C)(C)OC2C=C1OC)=C(F)/C=C/C(C)=C/C(=O)O. The fraction of sp³-hybridized carbons (Fsp3) is 0.500. The van der Waals surface area contributed by atoms with Crippen LogP contribution in [0.15, 0.2) is 70.3 Å². The van der Waals surface area contributed by atoms with Gasteiger partial charge in [-0.2, -0.15) is 0 Å². The van der Waals surface area contributed by atoms with E-state index in [1.54, 1.807) is 14.0 Å². The molecule has 2 atom stereocenters. The van der Waals surface area contributed by atoms with E-state index in [0.717, 1.165) is 6.08 Å². The first-order valence-corrected chi connectivity index (χ1v) is 10.7. The molecule has 1 aliphatic heterocycles. The van der Waals surface area contributed by atoms with Crippen molar-refractivity contribution in [3.63, 3.8) is 0 Å². The lowest BCUT2D eigenvalue weighted by molar-refractivity contribution is -0.131. The van der Waals surface area contributed by atoms with Gasteiger partial charge in [0, 0.05) is 17.6 Å². The molecule has 2 rings (SSSR count). The second kappa shape index (κ2) is 9.39. The Balaban J connectivity index is 2.58. The molecule has 1 aliphatic carbocycles. The molecule has 1 N–H and O–H groups in total. The number of carboxylic acid groups (broad SMARTS) is 1. The van der Waals surface area contributed by atoms with Gasteiger partial charge in [-0.15, -0.1) is 0 Å². The van der Waals surface area contributed by atoms with Crippen molar-refractivity contribution in [3.05, 3.63) is 70.3 Å². The van der Waals surface area contributed by atoms with E-state index in [2.05, 4.69) is 32.9 Å². The van der Waals surface area contributed by atoms with Gasteiger partial charge < -0.3 is 14.6 Å². The van der Waals surface area contributed by atoms with Crippen molar-refractivity contribution < 1.29 is 23.8 Å². The minimum atomic E-state index is -1.06. The normalized spacial score (nSPS) is 24.7. The van der Waals surface area contributed by atoms with Crippen molar-refractivity contribution in [1.29, 1.82) is 0 Å². The van der Waals surface area contributed by atoms with Crippen LogP contribution in [0.5, 0.6) is 0 Å². The average Bonchev–Trinajstić information content (AvgIpc) is 2.64. The summed E-state index contributed by atoms with van der Waals surface area (Å²) in [6.07, 6.45) is 10.3. The third-order valence-corrected chi connectivity index (χ3v) is 5.48. The van der Waals surface area contributed by atoms with Crippen molar-refractivity contribution in [1.82, 2.24) is 0 Å². The van der Waals surface area contributed by atoms with Crippen LogP contribution in [0.4, 0.5) is 4.39 Å². The highest BCUT2D eigenvalue weighted by molar-refractivity contribution is 5.81. The fourth-order valence-electron chi connectivity index (χ4n) is 4.11. The third kappa shape index (κ3) is 6.07. The van der Waals surface area contributed by atoms with Gasteiger partial charge >= 0.3 is 5.97 Å². The van der Waals surface area contributed by atoms with Gasteiger partial charge in [-0.3, -0.25) is 0 Å². The molecule has 5 heteroatoms. The van der Waals surface area contributed by atoms with Gasteiger partial charge in [-0.05, 0) is 55.9 Å². The predicted molar refractivity (Wildman–Crippen MR) is 122 cm³/mol. The van der Waals surface area contributed by atoms with Crippen LogP contribution in [-0.4, -0.2) is 29.9 Å². The number of carbonyl (C=O) groups is 1. The summed E-state index contributed by atoms with van der Waals surface area (Å²) in [4.78, 5) is 10.8. The Kier molecular flexibility index (Phi) is 7.53. The molecule has 1 heterocycles. The van der Waals surface area contributed by atoms with Crippen LogP contribution in [0.25, 0.3) is 0 Å². The van der Waals surface area contributed by atoms with Gasteiger partial charge in [-0.1, -0.05) is 51.5 Å². The number of hydrogen-bond acceptors (Lipinski definition) is 3. The molecule has 0 saturated heterocycles. The first kappa shape index (κ1) is 24.9. The van der Waals surface area contributed by atoms with Crippen molar-refractivity contribution in [2.24, 2.45) is 11.3 Å². The van der Waals surface area contributed by atoms with Gasteiger partial charge in [0.25, 0.3) is 0 Å². The Morgan fingerprint density at radius 1 is 1.29 bits per heavy atom. The monoisotopic (exact) mass is 430 g/mol. The van der Waals surface area contributed by atoms with E-state index >= 15 is 4.39 Å². The van der Waals surface area contributed by atoms with Crippen LogP contribution in [0.2, 0.25) is 0 Å². The number of allylic oxidation sites excluding steroid dienone is 5. The molecule has 0 radical (unpaired) electrons. The highest BCUT2D eigenvalue weighted by atomic mass is 19.1. The first-order chi connectivity index (χ1) is 14.3. The van der Waals surface area contributed by atoms with Gasteiger partial charge in [0.2, 0.25) is 0 Å². The summed E-state index contributed by atoms with van der Waals surface area (Å²) in [5.74, 6) is -0.902. The molecule has 31 heavy (non-hydrogen) atoms. The number of aliphatic carboxylic acids is 1. The predicted octanol–water partition coefficient (Wildman–Crippen LogP) is 6.44. The summed E-state index contributed by atoms with van der Waals surface area (Å²) >= 11 is 0. The summed E-state index contributed by atoms with van der Waals surface area (Å²) < 4.78 is 27.1. The maximum absolute atomic E-state index is 15.2. The summed E-state index contributed by atoms with van der Waals surface area (Å²) in [5, 5.41) is 8.85. The molecule has 0 bridgehead atoms. The zero-order chi connectivity index (χ0) is 23.6. The zero-order valence-corrected chi connectivity index (χ0v) is 19.9. The molecule has 170 valence electrons. The van der Waals surface area contributed by atoms with Crippen LogP contribution in [0.3, 0.4) is 0 Å². The largest absolute Gasteiger partial charge is 0.496 e. The van der Waals surface area contributed by atoms with E-state index in [0.29, 0.717) is 28.9 Å². The standard InChI is InChI=1S/C26H35FO4/c1-9-17(21(27)11-10-16(2)12-24(28)29)18-13-19-20(25(3,4)5)15-26(6,7)31-23(19)14-22(18)30-8/h10-15,19,23H,9H2,1-8H3,(H,28,29)/b11-10+,16-12+,21-17+. The smallest absolute Gasteiger partial charge is 0.328 e. The van der Waals surface area contributed by atoms with Crippen LogP contribution in [-0.2, 0) is 14.3 Å². The molecular weight excluding hydrogens is 395 g/mol. The summed E-state index contributed by atoms with van der Waals surface area (Å²) in [7, 11) is 1.58. The van der Waals surface area contributed by atoms with Gasteiger partial charge in [0.05, 0.1) is 18.8 Å². The lowest BCUT2D eigenvalue weighted by Crippen LogP contribution is -2.42. The van der Waals surface area contributed by atoms with Crippen molar-refractivity contribution in [2.45, 2.75) is 66.6 Å². The molecule has 2 aliphatic rings. The maximum Gasteiger partial charge on any atom is 0.328 e. The Labute approximate surface area is 185 Å². The van der Waals surface area contributed by atoms with Crippen molar-refractivity contribution in [2.75, 3.05) is 7.11 Å². The minimum Gasteiger partial charge on any atom is -0.496 e. The number of carboxylic acids is 1. The lowest BCUT2D eigenvalue weighted by atomic mass is 9.70. The zero-order valence-electron chi connectivity index (χ0n) is 19.9. The summed E-state index contributed by atoms with van der Waals surface area (Å²) in [6, 6.07) is 0. The van der Waals surface area contributed by atoms with Gasteiger partial charge in [0.1, 0.15) is 11.6 Å². The number of methoxy groups -OCH3 is 1. The van der Waals surface area contributed by atoms with E-state index in [1.807, 2.05) is 26.8 Å². The topological polar surface area (TPSA) is 55.8 Å². The Bertz CT molecular complexity index is 904. The van der Waals surface area contributed by atoms with Gasteiger partial charge in [0.15, 0.2) is 0 Å². The van der Waals surface area contributed by atoms with E-state index in [-0.39, 0.29) is 17.4 Å². The maximum atomic E-state index is 15.2. The second-order valence-corrected chi connectivity index (χ2v) is 9.62. The Morgan fingerprint density at radius 2 is 1.94 bits per heavy atom. The number of halogens is 1. The molecular formula is C26H35FO4. The highest BCUT2D eigenvalue weighted by Crippen LogP contribution is 2.46. The highest BCUT2D eigenvalue weighted by Gasteiger charge is 2.41. The number of hydrogen-bond donors (Lipinski definition) is 1. The summed E-state index contributed by atoms with van der Waals surface area (Å²) in [5.41, 5.74) is 2.46. The summed E-state index contributed by atoms with van der Waals surface area (Å²) in [6.45, 7) is 14.1. The number of rotatable bonds is 6. The van der Waals surface area contributed by atoms with E-state index in [9.17, 15) is 4.79 Å². The van der Waals surface area contributed by atoms with E-state index in [1.165, 1.54) is 17.7 Å². The molecule has 0 aromatic heterocycles. The van der Waals surface area contributed by atoms with E-state index in [4.69, 9.17) is 14.6 Å². The third-order valence-electron chi connectivity index (χ3n) is 5.48. The van der Waals surface area contributed by atoms with Crippen LogP contribution in [0.1, 0.15) is 54.9 Å². The minimum absolute atomic E-state index is 0.0195. The first-order valence-electron chi connectivity index (χ1n) is 10.7. The fourth-order valence-corrected chi connectivity index (χ4v) is 4.11. The van der Waals surface area contributed by atoms with Crippen LogP contribution < -0.4 is 0 Å². The van der Waals surface area contributed by atoms with Crippen molar-refractivity contribution in [3.8, 4) is 0 Å².